The van der Waals surface area contributed by atoms with Crippen molar-refractivity contribution in [1.29, 1.82) is 0 Å². The molecule has 116 valence electrons. The van der Waals surface area contributed by atoms with Crippen LogP contribution in [0, 0.1) is 5.92 Å². The van der Waals surface area contributed by atoms with Crippen LogP contribution < -0.4 is 4.74 Å². The van der Waals surface area contributed by atoms with Crippen molar-refractivity contribution >= 4 is 17.5 Å². The molecular weight excluding hydrogens is 296 g/mol. The van der Waals surface area contributed by atoms with E-state index in [1.165, 1.54) is 0 Å². The number of carbonyl (C=O) groups excluding carboxylic acids is 2. The Hall–Kier alpha value is -2.95. The van der Waals surface area contributed by atoms with Gasteiger partial charge in [0.1, 0.15) is 12.4 Å². The summed E-state index contributed by atoms with van der Waals surface area (Å²) in [6.45, 7) is 0.366. The van der Waals surface area contributed by atoms with E-state index in [9.17, 15) is 14.4 Å². The second kappa shape index (κ2) is 6.04. The third kappa shape index (κ3) is 2.99. The topological polar surface area (TPSA) is 80.7 Å². The van der Waals surface area contributed by atoms with Gasteiger partial charge in [0.2, 0.25) is 0 Å². The lowest BCUT2D eigenvalue weighted by atomic mass is 10.00. The molecule has 3 rings (SSSR count). The van der Waals surface area contributed by atoms with Crippen molar-refractivity contribution in [2.75, 3.05) is 0 Å². The Morgan fingerprint density at radius 2 is 1.87 bits per heavy atom. The average Bonchev–Trinajstić information content (AvgIpc) is 2.89. The number of hydrogen-bond donors (Lipinski definition) is 1. The molecule has 2 aromatic rings. The highest BCUT2D eigenvalue weighted by Crippen LogP contribution is 2.30. The fourth-order valence-electron chi connectivity index (χ4n) is 2.65. The number of carboxylic acids is 1. The lowest BCUT2D eigenvalue weighted by molar-refractivity contribution is -0.150. The monoisotopic (exact) mass is 310 g/mol. The van der Waals surface area contributed by atoms with E-state index in [4.69, 9.17) is 9.84 Å². The molecule has 0 radical (unpaired) electrons. The van der Waals surface area contributed by atoms with Gasteiger partial charge in [-0.25, -0.2) is 4.79 Å². The Kier molecular flexibility index (Phi) is 3.93. The van der Waals surface area contributed by atoms with Crippen LogP contribution in [-0.2, 0) is 22.6 Å². The minimum absolute atomic E-state index is 0.137. The molecule has 0 aliphatic heterocycles. The van der Waals surface area contributed by atoms with E-state index in [1.54, 1.807) is 18.2 Å². The van der Waals surface area contributed by atoms with Gasteiger partial charge in [-0.05, 0) is 29.7 Å². The van der Waals surface area contributed by atoms with Crippen LogP contribution in [0.3, 0.4) is 0 Å². The Balaban J connectivity index is 1.76. The molecule has 0 aromatic heterocycles. The lowest BCUT2D eigenvalue weighted by Gasteiger charge is -2.07. The number of ketones is 2. The van der Waals surface area contributed by atoms with Crippen LogP contribution in [-0.4, -0.2) is 22.6 Å². The molecule has 2 aromatic carbocycles. The second-order valence-electron chi connectivity index (χ2n) is 5.38. The zero-order valence-corrected chi connectivity index (χ0v) is 12.2. The van der Waals surface area contributed by atoms with Gasteiger partial charge in [-0.3, -0.25) is 9.59 Å². The van der Waals surface area contributed by atoms with Crippen LogP contribution in [0.2, 0.25) is 0 Å². The third-order valence-corrected chi connectivity index (χ3v) is 3.86. The Bertz CT molecular complexity index is 779. The van der Waals surface area contributed by atoms with Gasteiger partial charge in [0, 0.05) is 5.56 Å². The first-order chi connectivity index (χ1) is 11.1. The van der Waals surface area contributed by atoms with Gasteiger partial charge in [0.15, 0.2) is 5.78 Å². The molecule has 1 aliphatic rings. The zero-order chi connectivity index (χ0) is 16.4. The van der Waals surface area contributed by atoms with E-state index >= 15 is 0 Å². The molecule has 23 heavy (non-hydrogen) atoms. The molecule has 1 atom stereocenters. The number of carbonyl (C=O) groups is 3. The van der Waals surface area contributed by atoms with Crippen molar-refractivity contribution < 1.29 is 24.2 Å². The summed E-state index contributed by atoms with van der Waals surface area (Å²) in [5.41, 5.74) is 2.05. The largest absolute Gasteiger partial charge is 0.489 e. The fraction of sp³-hybridized carbons (Fsp3) is 0.167. The van der Waals surface area contributed by atoms with Crippen LogP contribution >= 0.6 is 0 Å². The summed E-state index contributed by atoms with van der Waals surface area (Å²) in [6.07, 6.45) is 0.137. The number of rotatable bonds is 5. The van der Waals surface area contributed by atoms with Crippen LogP contribution in [0.4, 0.5) is 0 Å². The SMILES string of the molecule is O=C(O)C(=O)C1Cc2ccc(OCc3ccccc3)cc2C1=O. The van der Waals surface area contributed by atoms with Gasteiger partial charge in [0.25, 0.3) is 5.78 Å². The number of carboxylic acid groups (broad SMARTS) is 1. The summed E-state index contributed by atoms with van der Waals surface area (Å²) in [5.74, 6) is -3.68. The van der Waals surface area contributed by atoms with Gasteiger partial charge in [0.05, 0.1) is 5.92 Å². The summed E-state index contributed by atoms with van der Waals surface area (Å²) in [4.78, 5) is 34.6. The van der Waals surface area contributed by atoms with Crippen LogP contribution in [0.1, 0.15) is 21.5 Å². The molecule has 5 heteroatoms. The maximum Gasteiger partial charge on any atom is 0.372 e. The molecule has 0 amide bonds. The van der Waals surface area contributed by atoms with Crippen molar-refractivity contribution in [3.05, 3.63) is 65.2 Å². The van der Waals surface area contributed by atoms with Crippen molar-refractivity contribution in [1.82, 2.24) is 0 Å². The molecule has 1 aliphatic carbocycles. The molecule has 1 N–H and O–H groups in total. The van der Waals surface area contributed by atoms with E-state index in [-0.39, 0.29) is 6.42 Å². The first-order valence-electron chi connectivity index (χ1n) is 7.17. The lowest BCUT2D eigenvalue weighted by Crippen LogP contribution is -2.27. The molecule has 0 fully saturated rings. The number of hydrogen-bond acceptors (Lipinski definition) is 4. The van der Waals surface area contributed by atoms with Crippen molar-refractivity contribution in [2.24, 2.45) is 5.92 Å². The number of aliphatic carboxylic acids is 1. The normalized spacial score (nSPS) is 16.0. The molecule has 1 unspecified atom stereocenters. The molecule has 0 saturated carbocycles. The minimum Gasteiger partial charge on any atom is -0.489 e. The van der Waals surface area contributed by atoms with Crippen molar-refractivity contribution in [3.8, 4) is 5.75 Å². The van der Waals surface area contributed by atoms with E-state index in [1.807, 2.05) is 30.3 Å². The summed E-state index contributed by atoms with van der Waals surface area (Å²) in [5, 5.41) is 8.78. The smallest absolute Gasteiger partial charge is 0.372 e. The number of Topliss-reactive ketones (excluding diaryl/α,β-unsaturated/α-hetero) is 2. The van der Waals surface area contributed by atoms with Gasteiger partial charge in [-0.15, -0.1) is 0 Å². The maximum atomic E-state index is 12.2. The van der Waals surface area contributed by atoms with Gasteiger partial charge in [-0.1, -0.05) is 36.4 Å². The van der Waals surface area contributed by atoms with Crippen LogP contribution in [0.15, 0.2) is 48.5 Å². The third-order valence-electron chi connectivity index (χ3n) is 3.86. The summed E-state index contributed by atoms with van der Waals surface area (Å²) >= 11 is 0. The first kappa shape index (κ1) is 15.0. The van der Waals surface area contributed by atoms with Crippen molar-refractivity contribution in [3.63, 3.8) is 0 Å². The number of ether oxygens (including phenoxy) is 1. The predicted molar refractivity (Wildman–Crippen MR) is 81.4 cm³/mol. The standard InChI is InChI=1S/C18H14O5/c19-16-14-9-13(23-10-11-4-2-1-3-5-11)7-6-12(14)8-15(16)17(20)18(21)22/h1-7,9,15H,8,10H2,(H,21,22). The Labute approximate surface area is 132 Å². The van der Waals surface area contributed by atoms with Crippen molar-refractivity contribution in [2.45, 2.75) is 13.0 Å². The summed E-state index contributed by atoms with van der Waals surface area (Å²) in [6, 6.07) is 14.6. The fourth-order valence-corrected chi connectivity index (χ4v) is 2.65. The van der Waals surface area contributed by atoms with Crippen LogP contribution in [0.5, 0.6) is 5.75 Å². The molecule has 0 bridgehead atoms. The summed E-state index contributed by atoms with van der Waals surface area (Å²) < 4.78 is 5.66. The summed E-state index contributed by atoms with van der Waals surface area (Å²) in [7, 11) is 0. The van der Waals surface area contributed by atoms with E-state index in [0.717, 1.165) is 5.56 Å². The first-order valence-corrected chi connectivity index (χ1v) is 7.17. The Morgan fingerprint density at radius 3 is 2.57 bits per heavy atom. The van der Waals surface area contributed by atoms with Gasteiger partial charge < -0.3 is 9.84 Å². The number of benzene rings is 2. The van der Waals surface area contributed by atoms with Gasteiger partial charge >= 0.3 is 5.97 Å². The highest BCUT2D eigenvalue weighted by Gasteiger charge is 2.38. The highest BCUT2D eigenvalue weighted by atomic mass is 16.5. The highest BCUT2D eigenvalue weighted by molar-refractivity contribution is 6.39. The zero-order valence-electron chi connectivity index (χ0n) is 12.2. The predicted octanol–water partition coefficient (Wildman–Crippen LogP) is 2.27. The molecule has 0 heterocycles. The van der Waals surface area contributed by atoms with E-state index in [0.29, 0.717) is 23.5 Å². The molecule has 5 nitrogen and oxygen atoms in total. The Morgan fingerprint density at radius 1 is 1.13 bits per heavy atom. The number of fused-ring (bicyclic) bond motifs is 1. The van der Waals surface area contributed by atoms with Gasteiger partial charge in [-0.2, -0.15) is 0 Å². The minimum atomic E-state index is -1.57. The quantitative estimate of drug-likeness (QED) is 0.677. The molecule has 0 saturated heterocycles. The second-order valence-corrected chi connectivity index (χ2v) is 5.38. The molecule has 0 spiro atoms. The average molecular weight is 310 g/mol. The van der Waals surface area contributed by atoms with Crippen LogP contribution in [0.25, 0.3) is 0 Å². The van der Waals surface area contributed by atoms with E-state index < -0.39 is 23.5 Å². The van der Waals surface area contributed by atoms with E-state index in [2.05, 4.69) is 0 Å². The molecular formula is C18H14O5. The maximum absolute atomic E-state index is 12.2.